The molecule has 0 nitrogen and oxygen atoms in total. The largest absolute Gasteiger partial charge is 0.0843 e. The Labute approximate surface area is 134 Å². The van der Waals surface area contributed by atoms with E-state index in [1.165, 1.54) is 0 Å². The molecule has 0 amide bonds. The van der Waals surface area contributed by atoms with Crippen LogP contribution in [0.5, 0.6) is 0 Å². The van der Waals surface area contributed by atoms with Gasteiger partial charge in [-0.3, -0.25) is 0 Å². The molecule has 0 aliphatic carbocycles. The molecule has 0 aromatic heterocycles. The molecular formula is C14H5Cl5. The van der Waals surface area contributed by atoms with E-state index in [4.69, 9.17) is 58.0 Å². The standard InChI is InChI=1S/C14H5Cl5/c15-6-1-10-8(12(17)3-6)5-9-11(14(10)19)2-7(16)4-13(9)18/h1-5H. The summed E-state index contributed by atoms with van der Waals surface area (Å²) in [7, 11) is 0. The fourth-order valence-electron chi connectivity index (χ4n) is 2.12. The monoisotopic (exact) mass is 348 g/mol. The molecule has 0 fully saturated rings. The first kappa shape index (κ1) is 13.6. The van der Waals surface area contributed by atoms with E-state index in [-0.39, 0.29) is 0 Å². The number of fused-ring (bicyclic) bond motifs is 2. The fourth-order valence-corrected chi connectivity index (χ4v) is 3.52. The second kappa shape index (κ2) is 4.87. The third-order valence-corrected chi connectivity index (χ3v) is 4.42. The lowest BCUT2D eigenvalue weighted by atomic mass is 10.0. The number of benzene rings is 3. The maximum absolute atomic E-state index is 6.43. The lowest BCUT2D eigenvalue weighted by Crippen LogP contribution is -1.83. The van der Waals surface area contributed by atoms with Crippen molar-refractivity contribution in [2.45, 2.75) is 0 Å². The number of hydrogen-bond acceptors (Lipinski definition) is 0. The highest BCUT2D eigenvalue weighted by molar-refractivity contribution is 6.47. The number of hydrogen-bond donors (Lipinski definition) is 0. The van der Waals surface area contributed by atoms with Crippen LogP contribution in [-0.4, -0.2) is 0 Å². The summed E-state index contributed by atoms with van der Waals surface area (Å²) in [5.41, 5.74) is 0. The first-order valence-electron chi connectivity index (χ1n) is 5.33. The van der Waals surface area contributed by atoms with Crippen LogP contribution >= 0.6 is 58.0 Å². The zero-order valence-electron chi connectivity index (χ0n) is 9.28. The highest BCUT2D eigenvalue weighted by Crippen LogP contribution is 2.40. The smallest absolute Gasteiger partial charge is 0.0564 e. The Hall–Kier alpha value is -0.370. The molecule has 0 heterocycles. The van der Waals surface area contributed by atoms with Crippen molar-refractivity contribution in [3.8, 4) is 0 Å². The van der Waals surface area contributed by atoms with Crippen LogP contribution in [0.2, 0.25) is 25.1 Å². The van der Waals surface area contributed by atoms with Crippen LogP contribution in [-0.2, 0) is 0 Å². The van der Waals surface area contributed by atoms with Gasteiger partial charge in [0.1, 0.15) is 0 Å². The predicted molar refractivity (Wildman–Crippen MR) is 86.5 cm³/mol. The minimum atomic E-state index is 0.534. The Morgan fingerprint density at radius 2 is 0.895 bits per heavy atom. The molecule has 0 unspecified atom stereocenters. The van der Waals surface area contributed by atoms with E-state index in [9.17, 15) is 0 Å². The Kier molecular flexibility index (Phi) is 3.49. The normalized spacial score (nSPS) is 11.4. The van der Waals surface area contributed by atoms with Crippen LogP contribution in [0.25, 0.3) is 21.5 Å². The second-order valence-corrected chi connectivity index (χ2v) is 6.22. The zero-order valence-corrected chi connectivity index (χ0v) is 13.1. The van der Waals surface area contributed by atoms with Crippen molar-refractivity contribution < 1.29 is 0 Å². The van der Waals surface area contributed by atoms with E-state index >= 15 is 0 Å². The van der Waals surface area contributed by atoms with Gasteiger partial charge in [-0.25, -0.2) is 0 Å². The van der Waals surface area contributed by atoms with Gasteiger partial charge in [-0.2, -0.15) is 0 Å². The maximum Gasteiger partial charge on any atom is 0.0564 e. The van der Waals surface area contributed by atoms with Crippen molar-refractivity contribution in [1.82, 2.24) is 0 Å². The van der Waals surface area contributed by atoms with Crippen molar-refractivity contribution >= 4 is 79.5 Å². The molecule has 0 bridgehead atoms. The minimum absolute atomic E-state index is 0.534. The first-order chi connectivity index (χ1) is 8.97. The molecule has 0 radical (unpaired) electrons. The number of halogens is 5. The summed E-state index contributed by atoms with van der Waals surface area (Å²) in [6, 6.07) is 8.81. The molecule has 3 aromatic carbocycles. The van der Waals surface area contributed by atoms with Crippen LogP contribution < -0.4 is 0 Å². The van der Waals surface area contributed by atoms with E-state index in [0.29, 0.717) is 25.1 Å². The van der Waals surface area contributed by atoms with Crippen LogP contribution in [0.3, 0.4) is 0 Å². The van der Waals surface area contributed by atoms with E-state index in [0.717, 1.165) is 21.5 Å². The SMILES string of the molecule is Clc1cc(Cl)c2cc3c(Cl)cc(Cl)cc3c(Cl)c2c1. The van der Waals surface area contributed by atoms with Crippen molar-refractivity contribution in [2.24, 2.45) is 0 Å². The molecule has 0 aliphatic rings. The van der Waals surface area contributed by atoms with Gasteiger partial charge in [-0.15, -0.1) is 0 Å². The van der Waals surface area contributed by atoms with Crippen molar-refractivity contribution in [1.29, 1.82) is 0 Å². The third kappa shape index (κ3) is 2.26. The van der Waals surface area contributed by atoms with Gasteiger partial charge in [0.2, 0.25) is 0 Å². The quantitative estimate of drug-likeness (QED) is 0.374. The van der Waals surface area contributed by atoms with Gasteiger partial charge in [0.05, 0.1) is 5.02 Å². The van der Waals surface area contributed by atoms with Crippen molar-refractivity contribution in [2.75, 3.05) is 0 Å². The molecule has 5 heteroatoms. The Morgan fingerprint density at radius 3 is 1.32 bits per heavy atom. The van der Waals surface area contributed by atoms with Gasteiger partial charge in [-0.05, 0) is 30.3 Å². The van der Waals surface area contributed by atoms with E-state index in [2.05, 4.69) is 0 Å². The molecule has 0 aliphatic heterocycles. The molecule has 19 heavy (non-hydrogen) atoms. The summed E-state index contributed by atoms with van der Waals surface area (Å²) >= 11 is 30.9. The summed E-state index contributed by atoms with van der Waals surface area (Å²) in [5.74, 6) is 0. The van der Waals surface area contributed by atoms with Gasteiger partial charge < -0.3 is 0 Å². The molecular weight excluding hydrogens is 345 g/mol. The summed E-state index contributed by atoms with van der Waals surface area (Å²) < 4.78 is 0. The Bertz CT molecular complexity index is 757. The molecule has 0 saturated carbocycles. The summed E-state index contributed by atoms with van der Waals surface area (Å²) in [6.07, 6.45) is 0. The lowest BCUT2D eigenvalue weighted by molar-refractivity contribution is 1.75. The van der Waals surface area contributed by atoms with Crippen molar-refractivity contribution in [3.05, 3.63) is 55.4 Å². The summed E-state index contributed by atoms with van der Waals surface area (Å²) in [6.45, 7) is 0. The number of rotatable bonds is 0. The Morgan fingerprint density at radius 1 is 0.474 bits per heavy atom. The Balaban J connectivity index is 2.60. The van der Waals surface area contributed by atoms with Gasteiger partial charge >= 0.3 is 0 Å². The highest BCUT2D eigenvalue weighted by Gasteiger charge is 2.12. The average Bonchev–Trinajstić information content (AvgIpc) is 2.32. The molecule has 0 atom stereocenters. The average molecular weight is 350 g/mol. The van der Waals surface area contributed by atoms with Crippen LogP contribution in [0, 0.1) is 0 Å². The van der Waals surface area contributed by atoms with Gasteiger partial charge in [0, 0.05) is 41.6 Å². The van der Waals surface area contributed by atoms with E-state index in [1.807, 2.05) is 6.07 Å². The van der Waals surface area contributed by atoms with Crippen LogP contribution in [0.1, 0.15) is 0 Å². The second-order valence-electron chi connectivity index (χ2n) is 4.16. The topological polar surface area (TPSA) is 0 Å². The lowest BCUT2D eigenvalue weighted by Gasteiger charge is -2.10. The van der Waals surface area contributed by atoms with Gasteiger partial charge in [0.25, 0.3) is 0 Å². The highest BCUT2D eigenvalue weighted by atomic mass is 35.5. The minimum Gasteiger partial charge on any atom is -0.0843 e. The molecule has 3 rings (SSSR count). The van der Waals surface area contributed by atoms with Gasteiger partial charge in [-0.1, -0.05) is 58.0 Å². The fraction of sp³-hybridized carbons (Fsp3) is 0. The molecule has 3 aromatic rings. The molecule has 0 N–H and O–H groups in total. The van der Waals surface area contributed by atoms with Crippen LogP contribution in [0.15, 0.2) is 30.3 Å². The summed E-state index contributed by atoms with van der Waals surface area (Å²) in [5, 5.41) is 5.88. The zero-order chi connectivity index (χ0) is 13.7. The van der Waals surface area contributed by atoms with Crippen LogP contribution in [0.4, 0.5) is 0 Å². The maximum atomic E-state index is 6.43. The first-order valence-corrected chi connectivity index (χ1v) is 7.22. The van der Waals surface area contributed by atoms with Crippen molar-refractivity contribution in [3.63, 3.8) is 0 Å². The summed E-state index contributed by atoms with van der Waals surface area (Å²) in [4.78, 5) is 0. The third-order valence-electron chi connectivity index (χ3n) is 2.95. The molecule has 0 saturated heterocycles. The molecule has 96 valence electrons. The van der Waals surface area contributed by atoms with Gasteiger partial charge in [0.15, 0.2) is 0 Å². The van der Waals surface area contributed by atoms with E-state index < -0.39 is 0 Å². The van der Waals surface area contributed by atoms with E-state index in [1.54, 1.807) is 24.3 Å². The molecule has 0 spiro atoms. The predicted octanol–water partition coefficient (Wildman–Crippen LogP) is 7.26.